The lowest BCUT2D eigenvalue weighted by Crippen LogP contribution is -2.45. The Hall–Kier alpha value is -4.55. The molecule has 1 aliphatic rings. The molecule has 1 aliphatic heterocycles. The van der Waals surface area contributed by atoms with Crippen molar-refractivity contribution in [2.45, 2.75) is 47.2 Å². The van der Waals surface area contributed by atoms with Gasteiger partial charge in [0.15, 0.2) is 17.2 Å². The molecule has 2 aromatic carbocycles. The number of aromatic nitrogens is 2. The molecule has 1 aromatic heterocycles. The summed E-state index contributed by atoms with van der Waals surface area (Å²) in [6.45, 7) is 8.85. The predicted octanol–water partition coefficient (Wildman–Crippen LogP) is 2.09. The summed E-state index contributed by atoms with van der Waals surface area (Å²) in [4.78, 5) is 31.9. The number of carbonyl (C=O) groups is 1. The van der Waals surface area contributed by atoms with Crippen LogP contribution >= 0.6 is 0 Å². The monoisotopic (exact) mass is 591 g/mol. The molecular formula is C31H41N7O5. The summed E-state index contributed by atoms with van der Waals surface area (Å²) in [5, 5.41) is 13.8. The van der Waals surface area contributed by atoms with Crippen molar-refractivity contribution in [2.24, 2.45) is 16.6 Å². The van der Waals surface area contributed by atoms with Crippen molar-refractivity contribution in [1.29, 1.82) is 0 Å². The average Bonchev–Trinajstić information content (AvgIpc) is 2.95. The Bertz CT molecular complexity index is 1680. The Labute approximate surface area is 250 Å². The van der Waals surface area contributed by atoms with E-state index in [-0.39, 0.29) is 36.8 Å². The number of fused-ring (bicyclic) bond motifs is 3. The quantitative estimate of drug-likeness (QED) is 0.121. The van der Waals surface area contributed by atoms with E-state index < -0.39 is 5.91 Å². The van der Waals surface area contributed by atoms with Crippen molar-refractivity contribution in [3.05, 3.63) is 80.0 Å². The Morgan fingerprint density at radius 1 is 1.14 bits per heavy atom. The van der Waals surface area contributed by atoms with E-state index in [1.54, 1.807) is 16.2 Å². The lowest BCUT2D eigenvalue weighted by atomic mass is 9.97. The van der Waals surface area contributed by atoms with Crippen molar-refractivity contribution in [1.82, 2.24) is 19.5 Å². The standard InChI is InChI=1S/C31H41N7O5/c1-7-43-26-14-21-8-10-37-23(22(21)15-25(26)42-6)16-27(35-28-19(3)12-18(2)13-20(28)4)38(31(37)41)11-9-34-30(40)29(36(5)33)24(39)17-32/h12-16,39H,7-11,17,32-33H2,1-6H3,(H,34,40)/b29-24+,35-27+. The second kappa shape index (κ2) is 13.2. The van der Waals surface area contributed by atoms with Crippen LogP contribution in [0, 0.1) is 20.8 Å². The predicted molar refractivity (Wildman–Crippen MR) is 165 cm³/mol. The molecule has 0 unspecified atom stereocenters. The third-order valence-electron chi connectivity index (χ3n) is 7.38. The number of nitrogens with one attached hydrogen (secondary N) is 1. The van der Waals surface area contributed by atoms with E-state index in [9.17, 15) is 14.7 Å². The number of aliphatic hydroxyl groups excluding tert-OH is 1. The maximum absolute atomic E-state index is 14.1. The summed E-state index contributed by atoms with van der Waals surface area (Å²) in [6.07, 6.45) is 0.630. The van der Waals surface area contributed by atoms with Crippen LogP contribution in [-0.4, -0.2) is 59.0 Å². The van der Waals surface area contributed by atoms with Crippen LogP contribution in [-0.2, 0) is 24.3 Å². The third kappa shape index (κ3) is 6.45. The lowest BCUT2D eigenvalue weighted by molar-refractivity contribution is -0.119. The van der Waals surface area contributed by atoms with Gasteiger partial charge < -0.3 is 30.6 Å². The Balaban J connectivity index is 1.86. The average molecular weight is 592 g/mol. The fourth-order valence-corrected chi connectivity index (χ4v) is 5.49. The zero-order chi connectivity index (χ0) is 31.4. The Morgan fingerprint density at radius 2 is 1.84 bits per heavy atom. The second-order valence-electron chi connectivity index (χ2n) is 10.5. The van der Waals surface area contributed by atoms with Gasteiger partial charge in [-0.05, 0) is 62.9 Å². The van der Waals surface area contributed by atoms with E-state index >= 15 is 0 Å². The Morgan fingerprint density at radius 3 is 2.44 bits per heavy atom. The summed E-state index contributed by atoms with van der Waals surface area (Å²) in [6, 6.07) is 9.89. The molecule has 12 heteroatoms. The van der Waals surface area contributed by atoms with Gasteiger partial charge in [-0.15, -0.1) is 0 Å². The van der Waals surface area contributed by atoms with E-state index in [1.807, 2.05) is 45.9 Å². The molecule has 4 rings (SSSR count). The highest BCUT2D eigenvalue weighted by Gasteiger charge is 2.23. The van der Waals surface area contributed by atoms with Gasteiger partial charge in [-0.3, -0.25) is 13.9 Å². The molecule has 0 bridgehead atoms. The van der Waals surface area contributed by atoms with Crippen LogP contribution in [0.15, 0.2) is 51.6 Å². The minimum Gasteiger partial charge on any atom is -0.509 e. The maximum Gasteiger partial charge on any atom is 0.330 e. The van der Waals surface area contributed by atoms with Crippen LogP contribution in [0.4, 0.5) is 5.69 Å². The largest absolute Gasteiger partial charge is 0.509 e. The van der Waals surface area contributed by atoms with Gasteiger partial charge in [0, 0.05) is 38.3 Å². The van der Waals surface area contributed by atoms with E-state index in [0.29, 0.717) is 36.6 Å². The first-order valence-corrected chi connectivity index (χ1v) is 14.2. The van der Waals surface area contributed by atoms with Gasteiger partial charge in [0.1, 0.15) is 11.2 Å². The van der Waals surface area contributed by atoms with Crippen molar-refractivity contribution < 1.29 is 19.4 Å². The zero-order valence-electron chi connectivity index (χ0n) is 25.7. The number of ether oxygens (including phenoxy) is 2. The number of nitrogens with zero attached hydrogens (tertiary/aromatic N) is 4. The van der Waals surface area contributed by atoms with Crippen LogP contribution in [0.1, 0.15) is 29.2 Å². The van der Waals surface area contributed by atoms with Gasteiger partial charge in [-0.2, -0.15) is 0 Å². The van der Waals surface area contributed by atoms with E-state index in [0.717, 1.165) is 44.2 Å². The number of nitrogens with two attached hydrogens (primary N) is 2. The zero-order valence-corrected chi connectivity index (χ0v) is 25.7. The van der Waals surface area contributed by atoms with Crippen LogP contribution < -0.4 is 37.5 Å². The maximum atomic E-state index is 14.1. The molecule has 230 valence electrons. The molecule has 12 nitrogen and oxygen atoms in total. The van der Waals surface area contributed by atoms with Crippen LogP contribution in [0.5, 0.6) is 11.5 Å². The number of amides is 1. The van der Waals surface area contributed by atoms with Gasteiger partial charge >= 0.3 is 5.69 Å². The minimum absolute atomic E-state index is 0.0732. The molecule has 0 saturated carbocycles. The molecular weight excluding hydrogens is 550 g/mol. The highest BCUT2D eigenvalue weighted by Crippen LogP contribution is 2.37. The number of rotatable bonds is 10. The fraction of sp³-hybridized carbons (Fsp3) is 0.387. The molecule has 43 heavy (non-hydrogen) atoms. The molecule has 0 radical (unpaired) electrons. The molecule has 0 fully saturated rings. The van der Waals surface area contributed by atoms with Crippen molar-refractivity contribution in [3.63, 3.8) is 0 Å². The molecule has 0 spiro atoms. The highest BCUT2D eigenvalue weighted by atomic mass is 16.5. The van der Waals surface area contributed by atoms with E-state index in [1.165, 1.54) is 7.05 Å². The number of benzene rings is 2. The van der Waals surface area contributed by atoms with Crippen molar-refractivity contribution >= 4 is 11.6 Å². The molecule has 6 N–H and O–H groups in total. The summed E-state index contributed by atoms with van der Waals surface area (Å²) in [5.74, 6) is 6.03. The molecule has 0 saturated heterocycles. The first kappa shape index (κ1) is 31.4. The fourth-order valence-electron chi connectivity index (χ4n) is 5.49. The SMILES string of the molecule is CCOc1cc2c(cc1OC)-c1c/c(=N\c3c(C)cc(C)cc3C)n(CCNC(=O)/C(=C(\O)CN)N(C)N)c(=O)n1CC2. The summed E-state index contributed by atoms with van der Waals surface area (Å²) < 4.78 is 14.7. The normalized spacial score (nSPS) is 13.2. The molecule has 2 heterocycles. The summed E-state index contributed by atoms with van der Waals surface area (Å²) >= 11 is 0. The molecule has 0 atom stereocenters. The van der Waals surface area contributed by atoms with Gasteiger partial charge in [-0.1, -0.05) is 17.7 Å². The second-order valence-corrected chi connectivity index (χ2v) is 10.5. The molecule has 3 aromatic rings. The van der Waals surface area contributed by atoms with Crippen molar-refractivity contribution in [3.8, 4) is 22.8 Å². The highest BCUT2D eigenvalue weighted by molar-refractivity contribution is 5.93. The minimum atomic E-state index is -0.610. The van der Waals surface area contributed by atoms with Crippen molar-refractivity contribution in [2.75, 3.05) is 33.9 Å². The van der Waals surface area contributed by atoms with Gasteiger partial charge in [0.2, 0.25) is 0 Å². The first-order valence-electron chi connectivity index (χ1n) is 14.2. The van der Waals surface area contributed by atoms with Crippen LogP contribution in [0.25, 0.3) is 11.3 Å². The van der Waals surface area contributed by atoms with Gasteiger partial charge in [0.05, 0.1) is 31.6 Å². The first-order chi connectivity index (χ1) is 20.5. The van der Waals surface area contributed by atoms with Gasteiger partial charge in [0.25, 0.3) is 5.91 Å². The van der Waals surface area contributed by atoms with Crippen LogP contribution in [0.3, 0.4) is 0 Å². The Kier molecular flexibility index (Phi) is 9.62. The molecule has 1 amide bonds. The van der Waals surface area contributed by atoms with E-state index in [2.05, 4.69) is 17.4 Å². The third-order valence-corrected chi connectivity index (χ3v) is 7.38. The van der Waals surface area contributed by atoms with Gasteiger partial charge in [-0.25, -0.2) is 15.6 Å². The number of hydrogen-bond acceptors (Lipinski definition) is 9. The number of carbonyl (C=O) groups excluding carboxylic acids is 1. The number of aliphatic hydroxyl groups is 1. The number of aryl methyl sites for hydroxylation is 4. The number of likely N-dealkylation sites (N-methyl/N-ethyl adjacent to an activating group) is 1. The number of methoxy groups -OCH3 is 1. The number of hydrazine groups is 1. The smallest absolute Gasteiger partial charge is 0.330 e. The number of hydrogen-bond donors (Lipinski definition) is 4. The summed E-state index contributed by atoms with van der Waals surface area (Å²) in [7, 11) is 3.02. The van der Waals surface area contributed by atoms with E-state index in [4.69, 9.17) is 26.0 Å². The van der Waals surface area contributed by atoms with Crippen LogP contribution in [0.2, 0.25) is 0 Å². The lowest BCUT2D eigenvalue weighted by Gasteiger charge is -2.25. The topological polar surface area (TPSA) is 162 Å². The summed E-state index contributed by atoms with van der Waals surface area (Å²) in [5.41, 5.74) is 12.0. The molecule has 0 aliphatic carbocycles.